The number of rotatable bonds is 3. The fraction of sp³-hybridized carbons (Fsp3) is 0.786. The molecule has 2 fully saturated rings. The first-order chi connectivity index (χ1) is 8.92. The largest absolute Gasteiger partial charge is 0.382 e. The van der Waals surface area contributed by atoms with Crippen LogP contribution in [0.25, 0.3) is 0 Å². The molecular weight excluding hydrogens is 262 g/mol. The summed E-state index contributed by atoms with van der Waals surface area (Å²) in [5.74, 6) is 0. The van der Waals surface area contributed by atoms with E-state index in [1.54, 1.807) is 6.20 Å². The average Bonchev–Trinajstić information content (AvgIpc) is 3.01. The molecular formula is C14H22ClN3O. The predicted octanol–water partition coefficient (Wildman–Crippen LogP) is 2.56. The zero-order chi connectivity index (χ0) is 13.8. The molecule has 0 aromatic carbocycles. The van der Waals surface area contributed by atoms with E-state index in [-0.39, 0.29) is 6.04 Å². The fourth-order valence-electron chi connectivity index (χ4n) is 3.36. The monoisotopic (exact) mass is 283 g/mol. The van der Waals surface area contributed by atoms with Crippen molar-refractivity contribution in [2.24, 2.45) is 0 Å². The molecule has 0 spiro atoms. The lowest BCUT2D eigenvalue weighted by molar-refractivity contribution is 0.0350. The number of aromatic nitrogens is 2. The van der Waals surface area contributed by atoms with Crippen LogP contribution in [0.5, 0.6) is 0 Å². The SMILES string of the molecule is CC1CC(O)(c2c(Cl)cnn2C(C)C)CN1C1CC1. The molecule has 1 aliphatic carbocycles. The van der Waals surface area contributed by atoms with E-state index in [1.165, 1.54) is 12.8 Å². The first-order valence-electron chi connectivity index (χ1n) is 7.14. The Morgan fingerprint density at radius 2 is 2.16 bits per heavy atom. The molecule has 4 nitrogen and oxygen atoms in total. The van der Waals surface area contributed by atoms with Gasteiger partial charge in [-0.15, -0.1) is 0 Å². The highest BCUT2D eigenvalue weighted by atomic mass is 35.5. The summed E-state index contributed by atoms with van der Waals surface area (Å²) in [6, 6.07) is 1.28. The van der Waals surface area contributed by atoms with Crippen LogP contribution in [0.3, 0.4) is 0 Å². The van der Waals surface area contributed by atoms with Crippen molar-refractivity contribution in [1.82, 2.24) is 14.7 Å². The third-order valence-electron chi connectivity index (χ3n) is 4.34. The van der Waals surface area contributed by atoms with Gasteiger partial charge in [0.05, 0.1) is 16.9 Å². The number of aliphatic hydroxyl groups is 1. The van der Waals surface area contributed by atoms with Gasteiger partial charge in [-0.25, -0.2) is 0 Å². The minimum atomic E-state index is -0.861. The van der Waals surface area contributed by atoms with Gasteiger partial charge in [0, 0.05) is 24.7 Å². The van der Waals surface area contributed by atoms with E-state index in [9.17, 15) is 5.11 Å². The Bertz CT molecular complexity index is 483. The van der Waals surface area contributed by atoms with Crippen LogP contribution in [-0.2, 0) is 5.60 Å². The van der Waals surface area contributed by atoms with Gasteiger partial charge in [-0.1, -0.05) is 11.6 Å². The van der Waals surface area contributed by atoms with Crippen molar-refractivity contribution in [3.63, 3.8) is 0 Å². The van der Waals surface area contributed by atoms with Gasteiger partial charge in [-0.3, -0.25) is 9.58 Å². The van der Waals surface area contributed by atoms with Gasteiger partial charge >= 0.3 is 0 Å². The standard InChI is InChI=1S/C14H22ClN3O/c1-9(2)18-13(12(15)7-16-18)14(19)6-10(3)17(8-14)11-4-5-11/h7,9-11,19H,4-6,8H2,1-3H3. The van der Waals surface area contributed by atoms with Crippen molar-refractivity contribution >= 4 is 11.6 Å². The molecule has 1 aromatic heterocycles. The maximum absolute atomic E-state index is 11.1. The molecule has 0 radical (unpaired) electrons. The fourth-order valence-corrected chi connectivity index (χ4v) is 3.67. The van der Waals surface area contributed by atoms with Gasteiger partial charge in [-0.2, -0.15) is 5.10 Å². The van der Waals surface area contributed by atoms with Crippen LogP contribution in [0.1, 0.15) is 51.8 Å². The summed E-state index contributed by atoms with van der Waals surface area (Å²) in [6.07, 6.45) is 4.91. The molecule has 2 aliphatic rings. The number of likely N-dealkylation sites (tertiary alicyclic amines) is 1. The quantitative estimate of drug-likeness (QED) is 0.927. The third kappa shape index (κ3) is 2.20. The predicted molar refractivity (Wildman–Crippen MR) is 75.3 cm³/mol. The average molecular weight is 284 g/mol. The van der Waals surface area contributed by atoms with E-state index in [0.29, 0.717) is 23.7 Å². The summed E-state index contributed by atoms with van der Waals surface area (Å²) in [7, 11) is 0. The first kappa shape index (κ1) is 13.4. The highest BCUT2D eigenvalue weighted by Crippen LogP contribution is 2.44. The summed E-state index contributed by atoms with van der Waals surface area (Å²) in [4.78, 5) is 2.42. The molecule has 1 saturated heterocycles. The topological polar surface area (TPSA) is 41.3 Å². The Morgan fingerprint density at radius 3 is 2.74 bits per heavy atom. The molecule has 1 aromatic rings. The molecule has 106 valence electrons. The number of β-amino-alcohol motifs (C(OH)–C–C–N with tert-alkyl or cyclic N) is 1. The molecule has 2 atom stereocenters. The zero-order valence-electron chi connectivity index (χ0n) is 11.8. The highest BCUT2D eigenvalue weighted by molar-refractivity contribution is 6.31. The lowest BCUT2D eigenvalue weighted by Gasteiger charge is -2.26. The Labute approximate surface area is 119 Å². The van der Waals surface area contributed by atoms with Crippen LogP contribution in [0.15, 0.2) is 6.20 Å². The van der Waals surface area contributed by atoms with Crippen molar-refractivity contribution < 1.29 is 5.11 Å². The molecule has 1 aliphatic heterocycles. The van der Waals surface area contributed by atoms with E-state index in [1.807, 2.05) is 4.68 Å². The number of hydrogen-bond acceptors (Lipinski definition) is 3. The summed E-state index contributed by atoms with van der Waals surface area (Å²) < 4.78 is 1.87. The summed E-state index contributed by atoms with van der Waals surface area (Å²) in [5.41, 5.74) is -0.0704. The van der Waals surface area contributed by atoms with Crippen molar-refractivity contribution in [3.8, 4) is 0 Å². The van der Waals surface area contributed by atoms with Gasteiger partial charge < -0.3 is 5.11 Å². The lowest BCUT2D eigenvalue weighted by atomic mass is 9.96. The second-order valence-electron chi connectivity index (χ2n) is 6.37. The Hall–Kier alpha value is -0.580. The summed E-state index contributed by atoms with van der Waals surface area (Å²) in [6.45, 7) is 7.00. The second-order valence-corrected chi connectivity index (χ2v) is 6.77. The molecule has 19 heavy (non-hydrogen) atoms. The van der Waals surface area contributed by atoms with Crippen LogP contribution < -0.4 is 0 Å². The second kappa shape index (κ2) is 4.47. The first-order valence-corrected chi connectivity index (χ1v) is 7.52. The molecule has 1 N–H and O–H groups in total. The summed E-state index contributed by atoms with van der Waals surface area (Å²) in [5, 5.41) is 16.0. The van der Waals surface area contributed by atoms with E-state index < -0.39 is 5.60 Å². The number of nitrogens with zero attached hydrogens (tertiary/aromatic N) is 3. The Balaban J connectivity index is 1.95. The Morgan fingerprint density at radius 1 is 1.47 bits per heavy atom. The van der Waals surface area contributed by atoms with Crippen LogP contribution in [0.4, 0.5) is 0 Å². The maximum atomic E-state index is 11.1. The van der Waals surface area contributed by atoms with E-state index in [2.05, 4.69) is 30.8 Å². The normalized spacial score (nSPS) is 32.4. The molecule has 0 bridgehead atoms. The number of hydrogen-bond donors (Lipinski definition) is 1. The van der Waals surface area contributed by atoms with Crippen molar-refractivity contribution in [2.75, 3.05) is 6.54 Å². The smallest absolute Gasteiger partial charge is 0.122 e. The Kier molecular flexibility index (Phi) is 3.15. The number of halogens is 1. The van der Waals surface area contributed by atoms with Crippen LogP contribution in [0.2, 0.25) is 5.02 Å². The minimum Gasteiger partial charge on any atom is -0.382 e. The van der Waals surface area contributed by atoms with Crippen LogP contribution >= 0.6 is 11.6 Å². The molecule has 2 unspecified atom stereocenters. The zero-order valence-corrected chi connectivity index (χ0v) is 12.6. The molecule has 5 heteroatoms. The van der Waals surface area contributed by atoms with E-state index >= 15 is 0 Å². The van der Waals surface area contributed by atoms with Crippen molar-refractivity contribution in [1.29, 1.82) is 0 Å². The van der Waals surface area contributed by atoms with Gasteiger partial charge in [-0.05, 0) is 40.0 Å². The van der Waals surface area contributed by atoms with Gasteiger partial charge in [0.2, 0.25) is 0 Å². The van der Waals surface area contributed by atoms with Crippen molar-refractivity contribution in [2.45, 2.75) is 63.8 Å². The van der Waals surface area contributed by atoms with Crippen molar-refractivity contribution in [3.05, 3.63) is 16.9 Å². The molecule has 0 amide bonds. The molecule has 1 saturated carbocycles. The lowest BCUT2D eigenvalue weighted by Crippen LogP contribution is -2.35. The van der Waals surface area contributed by atoms with Crippen LogP contribution in [-0.4, -0.2) is 38.4 Å². The van der Waals surface area contributed by atoms with Crippen LogP contribution in [0, 0.1) is 0 Å². The van der Waals surface area contributed by atoms with Gasteiger partial charge in [0.25, 0.3) is 0 Å². The molecule has 2 heterocycles. The minimum absolute atomic E-state index is 0.205. The maximum Gasteiger partial charge on any atom is 0.122 e. The van der Waals surface area contributed by atoms with E-state index in [4.69, 9.17) is 11.6 Å². The molecule has 3 rings (SSSR count). The van der Waals surface area contributed by atoms with E-state index in [0.717, 1.165) is 12.1 Å². The highest BCUT2D eigenvalue weighted by Gasteiger charge is 2.49. The van der Waals surface area contributed by atoms with Gasteiger partial charge in [0.15, 0.2) is 0 Å². The van der Waals surface area contributed by atoms with Gasteiger partial charge in [0.1, 0.15) is 5.60 Å². The third-order valence-corrected chi connectivity index (χ3v) is 4.62. The summed E-state index contributed by atoms with van der Waals surface area (Å²) >= 11 is 6.29.